The second-order valence-corrected chi connectivity index (χ2v) is 8.97. The minimum atomic E-state index is -0.937. The Bertz CT molecular complexity index is 1260. The van der Waals surface area contributed by atoms with Crippen LogP contribution in [0.25, 0.3) is 10.9 Å². The zero-order valence-electron chi connectivity index (χ0n) is 19.9. The molecule has 0 unspecified atom stereocenters. The Hall–Kier alpha value is -3.48. The first-order valence-electron chi connectivity index (χ1n) is 12.0. The van der Waals surface area contributed by atoms with E-state index in [-0.39, 0.29) is 30.3 Å². The van der Waals surface area contributed by atoms with Crippen molar-refractivity contribution >= 4 is 28.5 Å². The number of nitrogens with zero attached hydrogens (tertiary/aromatic N) is 2. The molecule has 2 atom stereocenters. The number of para-hydroxylation sites is 2. The Balaban J connectivity index is 1.40. The molecular weight excluding hydrogens is 430 g/mol. The number of carbonyl (C=O) groups excluding carboxylic acids is 2. The SMILES string of the molecule is CC[C@H](C)c1ccccc1NC(=O)[C@H](C)OC(=O)CCc1nc2ccccc2c(=O)n1C1CC1. The number of rotatable bonds is 9. The third-order valence-corrected chi connectivity index (χ3v) is 6.38. The summed E-state index contributed by atoms with van der Waals surface area (Å²) in [5.74, 6) is 0.0149. The number of carbonyl (C=O) groups is 2. The maximum absolute atomic E-state index is 13.0. The van der Waals surface area contributed by atoms with Gasteiger partial charge in [0.2, 0.25) is 0 Å². The third-order valence-electron chi connectivity index (χ3n) is 6.38. The van der Waals surface area contributed by atoms with Crippen LogP contribution in [0.15, 0.2) is 53.3 Å². The number of ether oxygens (including phenoxy) is 1. The fourth-order valence-electron chi connectivity index (χ4n) is 4.10. The first-order chi connectivity index (χ1) is 16.4. The summed E-state index contributed by atoms with van der Waals surface area (Å²) in [6, 6.07) is 15.1. The average molecular weight is 462 g/mol. The fourth-order valence-corrected chi connectivity index (χ4v) is 4.10. The number of benzene rings is 2. The molecule has 2 aromatic carbocycles. The van der Waals surface area contributed by atoms with Gasteiger partial charge in [0.1, 0.15) is 5.82 Å². The lowest BCUT2D eigenvalue weighted by Gasteiger charge is -2.18. The van der Waals surface area contributed by atoms with E-state index in [2.05, 4.69) is 24.1 Å². The van der Waals surface area contributed by atoms with E-state index >= 15 is 0 Å². The van der Waals surface area contributed by atoms with E-state index in [1.807, 2.05) is 36.4 Å². The molecule has 0 saturated heterocycles. The highest BCUT2D eigenvalue weighted by atomic mass is 16.5. The summed E-state index contributed by atoms with van der Waals surface area (Å²) in [7, 11) is 0. The predicted octanol–water partition coefficient (Wildman–Crippen LogP) is 4.75. The summed E-state index contributed by atoms with van der Waals surface area (Å²) in [4.78, 5) is 42.8. The van der Waals surface area contributed by atoms with Crippen molar-refractivity contribution in [2.24, 2.45) is 0 Å². The van der Waals surface area contributed by atoms with Crippen molar-refractivity contribution in [3.63, 3.8) is 0 Å². The van der Waals surface area contributed by atoms with Crippen LogP contribution in [0.1, 0.15) is 69.8 Å². The van der Waals surface area contributed by atoms with Crippen molar-refractivity contribution in [2.45, 2.75) is 70.9 Å². The Morgan fingerprint density at radius 3 is 2.56 bits per heavy atom. The van der Waals surface area contributed by atoms with E-state index in [0.717, 1.165) is 30.5 Å². The van der Waals surface area contributed by atoms with Crippen LogP contribution < -0.4 is 10.9 Å². The molecule has 4 rings (SSSR count). The van der Waals surface area contributed by atoms with Crippen molar-refractivity contribution in [1.82, 2.24) is 9.55 Å². The van der Waals surface area contributed by atoms with Crippen LogP contribution in [0.5, 0.6) is 0 Å². The molecule has 34 heavy (non-hydrogen) atoms. The number of fused-ring (bicyclic) bond motifs is 1. The van der Waals surface area contributed by atoms with Crippen molar-refractivity contribution in [1.29, 1.82) is 0 Å². The van der Waals surface area contributed by atoms with Crippen LogP contribution in [-0.4, -0.2) is 27.5 Å². The Labute approximate surface area is 199 Å². The lowest BCUT2D eigenvalue weighted by atomic mass is 9.97. The Morgan fingerprint density at radius 1 is 1.12 bits per heavy atom. The van der Waals surface area contributed by atoms with Gasteiger partial charge in [-0.25, -0.2) is 4.98 Å². The van der Waals surface area contributed by atoms with Crippen molar-refractivity contribution in [3.8, 4) is 0 Å². The summed E-state index contributed by atoms with van der Waals surface area (Å²) >= 11 is 0. The van der Waals surface area contributed by atoms with Gasteiger partial charge in [-0.3, -0.25) is 19.0 Å². The largest absolute Gasteiger partial charge is 0.453 e. The molecule has 1 N–H and O–H groups in total. The number of nitrogens with one attached hydrogen (secondary N) is 1. The second kappa shape index (κ2) is 10.2. The summed E-state index contributed by atoms with van der Waals surface area (Å²) in [5, 5.41) is 3.48. The number of aryl methyl sites for hydroxylation is 1. The molecule has 1 saturated carbocycles. The zero-order valence-corrected chi connectivity index (χ0v) is 19.9. The van der Waals surface area contributed by atoms with E-state index in [1.54, 1.807) is 23.6 Å². The van der Waals surface area contributed by atoms with Crippen molar-refractivity contribution < 1.29 is 14.3 Å². The van der Waals surface area contributed by atoms with Crippen LogP contribution >= 0.6 is 0 Å². The summed E-state index contributed by atoms with van der Waals surface area (Å²) in [5.41, 5.74) is 2.35. The second-order valence-electron chi connectivity index (χ2n) is 8.97. The molecule has 3 aromatic rings. The molecular formula is C27H31N3O4. The Kier molecular flexibility index (Phi) is 7.10. The summed E-state index contributed by atoms with van der Waals surface area (Å²) in [6.07, 6.45) is 2.21. The summed E-state index contributed by atoms with van der Waals surface area (Å²) in [6.45, 7) is 5.77. The van der Waals surface area contributed by atoms with Crippen LogP contribution in [-0.2, 0) is 20.7 Å². The zero-order chi connectivity index (χ0) is 24.2. The van der Waals surface area contributed by atoms with E-state index in [1.165, 1.54) is 0 Å². The van der Waals surface area contributed by atoms with Crippen molar-refractivity contribution in [2.75, 3.05) is 5.32 Å². The van der Waals surface area contributed by atoms with Gasteiger partial charge in [0, 0.05) is 18.2 Å². The highest BCUT2D eigenvalue weighted by Gasteiger charge is 2.28. The molecule has 0 aliphatic heterocycles. The molecule has 7 nitrogen and oxygen atoms in total. The predicted molar refractivity (Wildman–Crippen MR) is 132 cm³/mol. The molecule has 1 amide bonds. The Morgan fingerprint density at radius 2 is 1.82 bits per heavy atom. The number of anilines is 1. The minimum Gasteiger partial charge on any atom is -0.453 e. The van der Waals surface area contributed by atoms with Crippen LogP contribution in [0.2, 0.25) is 0 Å². The van der Waals surface area contributed by atoms with Gasteiger partial charge in [0.15, 0.2) is 6.10 Å². The first-order valence-corrected chi connectivity index (χ1v) is 12.0. The molecule has 1 aliphatic carbocycles. The van der Waals surface area contributed by atoms with Gasteiger partial charge < -0.3 is 10.1 Å². The molecule has 0 spiro atoms. The maximum Gasteiger partial charge on any atom is 0.307 e. The number of esters is 1. The molecule has 1 heterocycles. The molecule has 7 heteroatoms. The normalized spacial score (nSPS) is 15.0. The average Bonchev–Trinajstić information content (AvgIpc) is 3.67. The molecule has 1 aliphatic rings. The minimum absolute atomic E-state index is 0.0403. The van der Waals surface area contributed by atoms with Gasteiger partial charge in [0.05, 0.1) is 17.3 Å². The third kappa shape index (κ3) is 5.19. The van der Waals surface area contributed by atoms with Crippen molar-refractivity contribution in [3.05, 3.63) is 70.3 Å². The highest BCUT2D eigenvalue weighted by Crippen LogP contribution is 2.35. The fraction of sp³-hybridized carbons (Fsp3) is 0.407. The van der Waals surface area contributed by atoms with Gasteiger partial charge in [-0.15, -0.1) is 0 Å². The monoisotopic (exact) mass is 461 g/mol. The van der Waals surface area contributed by atoms with Gasteiger partial charge in [-0.05, 0) is 55.9 Å². The lowest BCUT2D eigenvalue weighted by Crippen LogP contribution is -2.31. The topological polar surface area (TPSA) is 90.3 Å². The highest BCUT2D eigenvalue weighted by molar-refractivity contribution is 5.95. The number of aromatic nitrogens is 2. The van der Waals surface area contributed by atoms with Crippen LogP contribution in [0.4, 0.5) is 5.69 Å². The first kappa shape index (κ1) is 23.7. The van der Waals surface area contributed by atoms with E-state index in [4.69, 9.17) is 4.74 Å². The maximum atomic E-state index is 13.0. The number of hydrogen-bond acceptors (Lipinski definition) is 5. The van der Waals surface area contributed by atoms with Crippen LogP contribution in [0.3, 0.4) is 0 Å². The lowest BCUT2D eigenvalue weighted by molar-refractivity contribution is -0.153. The molecule has 178 valence electrons. The molecule has 1 aromatic heterocycles. The standard InChI is InChI=1S/C27H31N3O4/c1-4-17(2)20-9-5-7-11-22(20)29-26(32)18(3)34-25(31)16-15-24-28-23-12-8-6-10-21(23)27(33)30(24)19-13-14-19/h5-12,17-19H,4,13-16H2,1-3H3,(H,29,32)/t17-,18-/m0/s1. The number of hydrogen-bond donors (Lipinski definition) is 1. The molecule has 1 fully saturated rings. The molecule has 0 bridgehead atoms. The van der Waals surface area contributed by atoms with Gasteiger partial charge in [-0.1, -0.05) is 44.2 Å². The van der Waals surface area contributed by atoms with Gasteiger partial charge in [-0.2, -0.15) is 0 Å². The smallest absolute Gasteiger partial charge is 0.307 e. The van der Waals surface area contributed by atoms with Crippen LogP contribution in [0, 0.1) is 0 Å². The van der Waals surface area contributed by atoms with Gasteiger partial charge >= 0.3 is 5.97 Å². The quantitative estimate of drug-likeness (QED) is 0.465. The van der Waals surface area contributed by atoms with Gasteiger partial charge in [0.25, 0.3) is 11.5 Å². The summed E-state index contributed by atoms with van der Waals surface area (Å²) < 4.78 is 7.12. The number of amides is 1. The van der Waals surface area contributed by atoms with E-state index in [9.17, 15) is 14.4 Å². The van der Waals surface area contributed by atoms with E-state index < -0.39 is 12.1 Å². The van der Waals surface area contributed by atoms with E-state index in [0.29, 0.717) is 22.6 Å². The molecule has 0 radical (unpaired) electrons.